The first-order chi connectivity index (χ1) is 7.70. The van der Waals surface area contributed by atoms with Gasteiger partial charge in [-0.3, -0.25) is 4.68 Å². The molecular weight excluding hydrogens is 202 g/mol. The van der Waals surface area contributed by atoms with Crippen LogP contribution in [-0.4, -0.2) is 21.4 Å². The van der Waals surface area contributed by atoms with Crippen LogP contribution in [0.4, 0.5) is 0 Å². The molecule has 4 nitrogen and oxygen atoms in total. The smallest absolute Gasteiger partial charge is 0.116 e. The number of rotatable bonds is 3. The van der Waals surface area contributed by atoms with Crippen molar-refractivity contribution in [2.45, 2.75) is 6.42 Å². The number of hydrogen-bond acceptors (Lipinski definition) is 3. The minimum atomic E-state index is 0.263. The van der Waals surface area contributed by atoms with E-state index in [1.165, 1.54) is 0 Å². The quantitative estimate of drug-likeness (QED) is 0.814. The lowest BCUT2D eigenvalue weighted by atomic mass is 10.1. The van der Waals surface area contributed by atoms with Gasteiger partial charge in [-0.25, -0.2) is 0 Å². The molecule has 0 unspecified atom stereocenters. The summed E-state index contributed by atoms with van der Waals surface area (Å²) in [5, 5.41) is 13.8. The summed E-state index contributed by atoms with van der Waals surface area (Å²) < 4.78 is 1.81. The highest BCUT2D eigenvalue weighted by atomic mass is 16.3. The van der Waals surface area contributed by atoms with Crippen LogP contribution >= 0.6 is 0 Å². The first-order valence-corrected chi connectivity index (χ1v) is 5.23. The molecule has 3 N–H and O–H groups in total. The molecule has 0 aliphatic carbocycles. The van der Waals surface area contributed by atoms with Gasteiger partial charge in [-0.2, -0.15) is 5.10 Å². The summed E-state index contributed by atoms with van der Waals surface area (Å²) in [6, 6.07) is 9.15. The van der Waals surface area contributed by atoms with Crippen LogP contribution in [0.5, 0.6) is 5.75 Å². The molecule has 16 heavy (non-hydrogen) atoms. The maximum Gasteiger partial charge on any atom is 0.116 e. The Kier molecular flexibility index (Phi) is 2.92. The lowest BCUT2D eigenvalue weighted by molar-refractivity contribution is 0.475. The van der Waals surface area contributed by atoms with Crippen molar-refractivity contribution >= 4 is 0 Å². The van der Waals surface area contributed by atoms with E-state index < -0.39 is 0 Å². The summed E-state index contributed by atoms with van der Waals surface area (Å²) in [6.07, 6.45) is 0.770. The molecule has 2 aromatic rings. The van der Waals surface area contributed by atoms with Gasteiger partial charge >= 0.3 is 0 Å². The second-order valence-corrected chi connectivity index (χ2v) is 3.73. The number of aromatic nitrogens is 2. The molecule has 0 aliphatic rings. The summed E-state index contributed by atoms with van der Waals surface area (Å²) in [4.78, 5) is 0. The third-order valence-corrected chi connectivity index (χ3v) is 2.47. The van der Waals surface area contributed by atoms with Gasteiger partial charge in [0.15, 0.2) is 0 Å². The zero-order valence-corrected chi connectivity index (χ0v) is 9.22. The maximum atomic E-state index is 9.43. The van der Waals surface area contributed by atoms with Crippen LogP contribution in [0.15, 0.2) is 30.3 Å². The Balaban J connectivity index is 2.40. The minimum Gasteiger partial charge on any atom is -0.508 e. The van der Waals surface area contributed by atoms with E-state index in [2.05, 4.69) is 5.10 Å². The lowest BCUT2D eigenvalue weighted by Crippen LogP contribution is -2.03. The number of benzene rings is 1. The summed E-state index contributed by atoms with van der Waals surface area (Å²) in [7, 11) is 1.89. The van der Waals surface area contributed by atoms with Crippen molar-refractivity contribution in [3.05, 3.63) is 36.0 Å². The van der Waals surface area contributed by atoms with Gasteiger partial charge in [-0.15, -0.1) is 0 Å². The maximum absolute atomic E-state index is 9.43. The summed E-state index contributed by atoms with van der Waals surface area (Å²) in [5.41, 5.74) is 8.41. The van der Waals surface area contributed by atoms with E-state index in [4.69, 9.17) is 5.73 Å². The lowest BCUT2D eigenvalue weighted by Gasteiger charge is -2.01. The summed E-state index contributed by atoms with van der Waals surface area (Å²) in [6.45, 7) is 0.594. The average Bonchev–Trinajstić information content (AvgIpc) is 2.60. The number of phenols is 1. The average molecular weight is 217 g/mol. The number of nitrogens with zero attached hydrogens (tertiary/aromatic N) is 2. The molecule has 0 spiro atoms. The molecule has 0 amide bonds. The number of phenolic OH excluding ortho intramolecular Hbond substituents is 1. The van der Waals surface area contributed by atoms with Crippen LogP contribution < -0.4 is 5.73 Å². The fraction of sp³-hybridized carbons (Fsp3) is 0.250. The van der Waals surface area contributed by atoms with Crippen molar-refractivity contribution in [3.63, 3.8) is 0 Å². The molecule has 0 fully saturated rings. The molecule has 84 valence electrons. The Hall–Kier alpha value is -1.81. The van der Waals surface area contributed by atoms with Gasteiger partial charge in [0.25, 0.3) is 0 Å². The first kappa shape index (κ1) is 10.7. The number of aryl methyl sites for hydroxylation is 1. The van der Waals surface area contributed by atoms with E-state index in [1.807, 2.05) is 25.2 Å². The molecule has 0 aliphatic heterocycles. The van der Waals surface area contributed by atoms with Gasteiger partial charge in [-0.1, -0.05) is 12.1 Å². The standard InChI is InChI=1S/C12H15N3O/c1-15-12(8-10(14-15)5-6-13)9-3-2-4-11(16)7-9/h2-4,7-8,16H,5-6,13H2,1H3. The van der Waals surface area contributed by atoms with Crippen molar-refractivity contribution in [1.29, 1.82) is 0 Å². The van der Waals surface area contributed by atoms with Crippen LogP contribution in [0.2, 0.25) is 0 Å². The van der Waals surface area contributed by atoms with E-state index in [-0.39, 0.29) is 5.75 Å². The van der Waals surface area contributed by atoms with Gasteiger partial charge in [0.2, 0.25) is 0 Å². The van der Waals surface area contributed by atoms with Crippen molar-refractivity contribution in [3.8, 4) is 17.0 Å². The van der Waals surface area contributed by atoms with Gasteiger partial charge in [0.1, 0.15) is 5.75 Å². The van der Waals surface area contributed by atoms with Crippen molar-refractivity contribution in [1.82, 2.24) is 9.78 Å². The highest BCUT2D eigenvalue weighted by Crippen LogP contribution is 2.23. The number of nitrogens with two attached hydrogens (primary N) is 1. The second kappa shape index (κ2) is 4.37. The topological polar surface area (TPSA) is 64.1 Å². The number of hydrogen-bond donors (Lipinski definition) is 2. The molecule has 0 saturated heterocycles. The predicted octanol–water partition coefficient (Wildman–Crippen LogP) is 1.29. The fourth-order valence-corrected chi connectivity index (χ4v) is 1.73. The normalized spacial score (nSPS) is 10.6. The molecule has 1 aromatic carbocycles. The molecule has 1 heterocycles. The highest BCUT2D eigenvalue weighted by Gasteiger charge is 2.07. The highest BCUT2D eigenvalue weighted by molar-refractivity contribution is 5.61. The van der Waals surface area contributed by atoms with Gasteiger partial charge in [0.05, 0.1) is 11.4 Å². The van der Waals surface area contributed by atoms with Crippen LogP contribution in [0.25, 0.3) is 11.3 Å². The van der Waals surface area contributed by atoms with E-state index in [1.54, 1.807) is 16.8 Å². The zero-order chi connectivity index (χ0) is 11.5. The number of aromatic hydroxyl groups is 1. The zero-order valence-electron chi connectivity index (χ0n) is 9.22. The van der Waals surface area contributed by atoms with Crippen molar-refractivity contribution in [2.24, 2.45) is 12.8 Å². The molecule has 0 saturated carbocycles. The molecule has 0 radical (unpaired) electrons. The minimum absolute atomic E-state index is 0.263. The van der Waals surface area contributed by atoms with Crippen molar-refractivity contribution < 1.29 is 5.11 Å². The Morgan fingerprint density at radius 1 is 1.38 bits per heavy atom. The molecule has 4 heteroatoms. The molecule has 0 bridgehead atoms. The van der Waals surface area contributed by atoms with Gasteiger partial charge in [0, 0.05) is 19.0 Å². The molecule has 1 aromatic heterocycles. The Bertz CT molecular complexity index is 491. The Morgan fingerprint density at radius 2 is 2.19 bits per heavy atom. The van der Waals surface area contributed by atoms with Crippen LogP contribution in [-0.2, 0) is 13.5 Å². The van der Waals surface area contributed by atoms with E-state index in [0.717, 1.165) is 23.4 Å². The SMILES string of the molecule is Cn1nc(CCN)cc1-c1cccc(O)c1. The van der Waals surface area contributed by atoms with Crippen LogP contribution in [0.3, 0.4) is 0 Å². The third kappa shape index (κ3) is 2.06. The fourth-order valence-electron chi connectivity index (χ4n) is 1.73. The van der Waals surface area contributed by atoms with E-state index in [0.29, 0.717) is 6.54 Å². The Labute approximate surface area is 94.3 Å². The third-order valence-electron chi connectivity index (χ3n) is 2.47. The molecule has 0 atom stereocenters. The molecular formula is C12H15N3O. The summed E-state index contributed by atoms with van der Waals surface area (Å²) >= 11 is 0. The van der Waals surface area contributed by atoms with E-state index in [9.17, 15) is 5.11 Å². The molecule has 2 rings (SSSR count). The summed E-state index contributed by atoms with van der Waals surface area (Å²) in [5.74, 6) is 0.263. The van der Waals surface area contributed by atoms with Gasteiger partial charge < -0.3 is 10.8 Å². The second-order valence-electron chi connectivity index (χ2n) is 3.73. The largest absolute Gasteiger partial charge is 0.508 e. The Morgan fingerprint density at radius 3 is 2.88 bits per heavy atom. The van der Waals surface area contributed by atoms with Crippen molar-refractivity contribution in [2.75, 3.05) is 6.54 Å². The monoisotopic (exact) mass is 217 g/mol. The predicted molar refractivity (Wildman–Crippen MR) is 63.1 cm³/mol. The van der Waals surface area contributed by atoms with E-state index >= 15 is 0 Å². The van der Waals surface area contributed by atoms with Crippen LogP contribution in [0, 0.1) is 0 Å². The van der Waals surface area contributed by atoms with Gasteiger partial charge in [-0.05, 0) is 24.7 Å². The van der Waals surface area contributed by atoms with Crippen LogP contribution in [0.1, 0.15) is 5.69 Å². The first-order valence-electron chi connectivity index (χ1n) is 5.23.